The molecule has 1 aromatic carbocycles. The molecular weight excluding hydrogens is 314 g/mol. The smallest absolute Gasteiger partial charge is 0.339 e. The van der Waals surface area contributed by atoms with E-state index in [1.54, 1.807) is 11.6 Å². The third kappa shape index (κ3) is 3.71. The van der Waals surface area contributed by atoms with E-state index < -0.39 is 12.0 Å². The maximum absolute atomic E-state index is 11.8. The fourth-order valence-electron chi connectivity index (χ4n) is 1.67. The minimum Gasteiger partial charge on any atom is -0.478 e. The third-order valence-corrected chi connectivity index (χ3v) is 3.98. The normalized spacial score (nSPS) is 10.2. The van der Waals surface area contributed by atoms with E-state index >= 15 is 0 Å². The Hall–Kier alpha value is -2.12. The van der Waals surface area contributed by atoms with Crippen LogP contribution in [0.1, 0.15) is 20.9 Å². The molecule has 0 radical (unpaired) electrons. The number of urea groups is 1. The molecule has 0 saturated carbocycles. The summed E-state index contributed by atoms with van der Waals surface area (Å²) in [6.45, 7) is 2.18. The van der Waals surface area contributed by atoms with Gasteiger partial charge in [-0.3, -0.25) is 0 Å². The van der Waals surface area contributed by atoms with Gasteiger partial charge in [0.1, 0.15) is 5.56 Å². The molecule has 1 heterocycles. The van der Waals surface area contributed by atoms with Gasteiger partial charge in [-0.1, -0.05) is 17.7 Å². The number of benzene rings is 1. The van der Waals surface area contributed by atoms with Crippen molar-refractivity contribution in [2.24, 2.45) is 0 Å². The minimum absolute atomic E-state index is 0.0681. The molecule has 0 spiro atoms. The summed E-state index contributed by atoms with van der Waals surface area (Å²) in [5.41, 5.74) is 2.56. The molecule has 2 rings (SSSR count). The first-order valence-electron chi connectivity index (χ1n) is 5.94. The Balaban J connectivity index is 2.05. The second kappa shape index (κ2) is 6.55. The van der Waals surface area contributed by atoms with Crippen LogP contribution in [0.3, 0.4) is 0 Å². The number of hydrogen-bond donors (Lipinski definition) is 3. The van der Waals surface area contributed by atoms with Crippen LogP contribution in [-0.2, 0) is 6.54 Å². The van der Waals surface area contributed by atoms with E-state index in [0.717, 1.165) is 10.6 Å². The fourth-order valence-corrected chi connectivity index (χ4v) is 2.64. The lowest BCUT2D eigenvalue weighted by molar-refractivity contribution is 0.0698. The first-order valence-corrected chi connectivity index (χ1v) is 7.20. The average molecular weight is 326 g/mol. The van der Waals surface area contributed by atoms with Crippen molar-refractivity contribution < 1.29 is 14.7 Å². The topological polar surface area (TPSA) is 91.3 Å². The van der Waals surface area contributed by atoms with Gasteiger partial charge in [-0.25, -0.2) is 14.6 Å². The number of aromatic carboxylic acids is 1. The number of nitrogens with zero attached hydrogens (tertiary/aromatic N) is 1. The highest BCUT2D eigenvalue weighted by Crippen LogP contribution is 2.24. The van der Waals surface area contributed by atoms with Gasteiger partial charge in [0.15, 0.2) is 0 Å². The number of carboxylic acids is 1. The Morgan fingerprint density at radius 3 is 2.81 bits per heavy atom. The van der Waals surface area contributed by atoms with Crippen LogP contribution in [-0.4, -0.2) is 22.1 Å². The van der Waals surface area contributed by atoms with Crippen molar-refractivity contribution in [3.05, 3.63) is 44.9 Å². The lowest BCUT2D eigenvalue weighted by Crippen LogP contribution is -2.28. The molecule has 0 bridgehead atoms. The molecular formula is C13H12ClN3O3S. The van der Waals surface area contributed by atoms with E-state index in [-0.39, 0.29) is 16.3 Å². The van der Waals surface area contributed by atoms with Crippen LogP contribution in [0.15, 0.2) is 23.7 Å². The number of halogens is 1. The Morgan fingerprint density at radius 2 is 2.19 bits per heavy atom. The molecule has 0 aliphatic carbocycles. The molecule has 0 aliphatic rings. The van der Waals surface area contributed by atoms with Gasteiger partial charge in [-0.05, 0) is 19.1 Å². The number of aryl methyl sites for hydroxylation is 1. The molecule has 0 atom stereocenters. The Morgan fingerprint density at radius 1 is 1.43 bits per heavy atom. The largest absolute Gasteiger partial charge is 0.478 e. The zero-order valence-corrected chi connectivity index (χ0v) is 12.6. The first kappa shape index (κ1) is 15.3. The number of carboxylic acid groups (broad SMARTS) is 1. The van der Waals surface area contributed by atoms with Crippen molar-refractivity contribution in [3.8, 4) is 0 Å². The molecule has 0 saturated heterocycles. The highest BCUT2D eigenvalue weighted by atomic mass is 35.5. The highest BCUT2D eigenvalue weighted by Gasteiger charge is 2.16. The molecule has 0 aliphatic heterocycles. The van der Waals surface area contributed by atoms with E-state index in [4.69, 9.17) is 16.7 Å². The standard InChI is InChI=1S/C13H12ClN3O3S/c1-7-10(21-6-16-7)5-15-13(20)17-9-4-2-3-8(14)11(9)12(18)19/h2-4,6H,5H2,1H3,(H,18,19)(H2,15,17,20). The van der Waals surface area contributed by atoms with Crippen LogP contribution in [0.4, 0.5) is 10.5 Å². The molecule has 21 heavy (non-hydrogen) atoms. The maximum Gasteiger partial charge on any atom is 0.339 e. The van der Waals surface area contributed by atoms with Gasteiger partial charge in [-0.2, -0.15) is 0 Å². The summed E-state index contributed by atoms with van der Waals surface area (Å²) < 4.78 is 0. The van der Waals surface area contributed by atoms with Crippen LogP contribution < -0.4 is 10.6 Å². The van der Waals surface area contributed by atoms with Crippen LogP contribution in [0.5, 0.6) is 0 Å². The first-order chi connectivity index (χ1) is 9.99. The van der Waals surface area contributed by atoms with Crippen LogP contribution >= 0.6 is 22.9 Å². The number of thiazole rings is 1. The molecule has 6 nitrogen and oxygen atoms in total. The van der Waals surface area contributed by atoms with Gasteiger partial charge in [0.05, 0.1) is 28.5 Å². The zero-order chi connectivity index (χ0) is 15.4. The van der Waals surface area contributed by atoms with E-state index in [9.17, 15) is 9.59 Å². The number of nitrogens with one attached hydrogen (secondary N) is 2. The number of amides is 2. The number of carbonyl (C=O) groups excluding carboxylic acids is 1. The SMILES string of the molecule is Cc1ncsc1CNC(=O)Nc1cccc(Cl)c1C(=O)O. The van der Waals surface area contributed by atoms with E-state index in [0.29, 0.717) is 6.54 Å². The second-order valence-corrected chi connectivity index (χ2v) is 5.48. The van der Waals surface area contributed by atoms with Crippen molar-refractivity contribution in [3.63, 3.8) is 0 Å². The van der Waals surface area contributed by atoms with Crippen molar-refractivity contribution in [2.45, 2.75) is 13.5 Å². The summed E-state index contributed by atoms with van der Waals surface area (Å²) in [5.74, 6) is -1.20. The van der Waals surface area contributed by atoms with Crippen molar-refractivity contribution in [1.82, 2.24) is 10.3 Å². The number of aromatic nitrogens is 1. The van der Waals surface area contributed by atoms with E-state index in [1.165, 1.54) is 23.5 Å². The molecule has 0 fully saturated rings. The summed E-state index contributed by atoms with van der Waals surface area (Å²) >= 11 is 7.27. The number of carbonyl (C=O) groups is 2. The summed E-state index contributed by atoms with van der Waals surface area (Å²) in [4.78, 5) is 28.0. The molecule has 2 amide bonds. The van der Waals surface area contributed by atoms with Crippen LogP contribution in [0, 0.1) is 6.92 Å². The van der Waals surface area contributed by atoms with Crippen molar-refractivity contribution in [1.29, 1.82) is 0 Å². The van der Waals surface area contributed by atoms with Crippen LogP contribution in [0.25, 0.3) is 0 Å². The molecule has 3 N–H and O–H groups in total. The Labute approximate surface area is 129 Å². The van der Waals surface area contributed by atoms with Gasteiger partial charge in [0, 0.05) is 4.88 Å². The quantitative estimate of drug-likeness (QED) is 0.805. The summed E-state index contributed by atoms with van der Waals surface area (Å²) in [5, 5.41) is 14.3. The molecule has 2 aromatic rings. The number of anilines is 1. The van der Waals surface area contributed by atoms with Gasteiger partial charge in [-0.15, -0.1) is 11.3 Å². The van der Waals surface area contributed by atoms with E-state index in [1.807, 2.05) is 6.92 Å². The van der Waals surface area contributed by atoms with Gasteiger partial charge in [0.2, 0.25) is 0 Å². The van der Waals surface area contributed by atoms with Gasteiger partial charge in [0.25, 0.3) is 0 Å². The second-order valence-electron chi connectivity index (χ2n) is 4.14. The highest BCUT2D eigenvalue weighted by molar-refractivity contribution is 7.09. The maximum atomic E-state index is 11.8. The van der Waals surface area contributed by atoms with Gasteiger partial charge >= 0.3 is 12.0 Å². The third-order valence-electron chi connectivity index (χ3n) is 2.73. The molecule has 8 heteroatoms. The number of rotatable bonds is 4. The Kier molecular flexibility index (Phi) is 4.77. The summed E-state index contributed by atoms with van der Waals surface area (Å²) in [7, 11) is 0. The van der Waals surface area contributed by atoms with E-state index in [2.05, 4.69) is 15.6 Å². The predicted octanol–water partition coefficient (Wildman–Crippen LogP) is 3.12. The predicted molar refractivity (Wildman–Crippen MR) is 81.1 cm³/mol. The summed E-state index contributed by atoms with van der Waals surface area (Å²) in [6, 6.07) is 3.99. The zero-order valence-electron chi connectivity index (χ0n) is 11.0. The molecule has 0 unspecified atom stereocenters. The average Bonchev–Trinajstić information content (AvgIpc) is 2.81. The summed E-state index contributed by atoms with van der Waals surface area (Å²) in [6.07, 6.45) is 0. The molecule has 1 aromatic heterocycles. The molecule has 110 valence electrons. The van der Waals surface area contributed by atoms with Crippen molar-refractivity contribution >= 4 is 40.6 Å². The minimum atomic E-state index is -1.20. The van der Waals surface area contributed by atoms with Gasteiger partial charge < -0.3 is 15.7 Å². The monoisotopic (exact) mass is 325 g/mol. The van der Waals surface area contributed by atoms with Crippen molar-refractivity contribution in [2.75, 3.05) is 5.32 Å². The fraction of sp³-hybridized carbons (Fsp3) is 0.154. The number of hydrogen-bond acceptors (Lipinski definition) is 4. The Bertz CT molecular complexity index is 687. The van der Waals surface area contributed by atoms with Crippen LogP contribution in [0.2, 0.25) is 5.02 Å². The lowest BCUT2D eigenvalue weighted by Gasteiger charge is -2.10. The lowest BCUT2D eigenvalue weighted by atomic mass is 10.2.